The van der Waals surface area contributed by atoms with E-state index in [4.69, 9.17) is 10.7 Å². The van der Waals surface area contributed by atoms with Gasteiger partial charge in [0, 0.05) is 18.5 Å². The molecule has 20 heavy (non-hydrogen) atoms. The summed E-state index contributed by atoms with van der Waals surface area (Å²) in [7, 11) is 0. The van der Waals surface area contributed by atoms with Crippen molar-refractivity contribution in [2.75, 3.05) is 23.7 Å². The van der Waals surface area contributed by atoms with Crippen LogP contribution < -0.4 is 10.6 Å². The van der Waals surface area contributed by atoms with Crippen molar-refractivity contribution in [2.24, 2.45) is 0 Å². The van der Waals surface area contributed by atoms with E-state index in [1.807, 2.05) is 18.2 Å². The number of nitrogens with two attached hydrogens (primary N) is 1. The number of hydrogen-bond acceptors (Lipinski definition) is 4. The lowest BCUT2D eigenvalue weighted by Crippen LogP contribution is -2.30. The van der Waals surface area contributed by atoms with Gasteiger partial charge in [-0.25, -0.2) is 4.98 Å². The Bertz CT molecular complexity index is 770. The number of aromatic nitrogens is 3. The Morgan fingerprint density at radius 3 is 2.75 bits per heavy atom. The monoisotopic (exact) mass is 267 g/mol. The van der Waals surface area contributed by atoms with Gasteiger partial charge >= 0.3 is 0 Å². The largest absolute Gasteiger partial charge is 0.382 e. The highest BCUT2D eigenvalue weighted by Crippen LogP contribution is 2.34. The van der Waals surface area contributed by atoms with Crippen LogP contribution >= 0.6 is 0 Å². The van der Waals surface area contributed by atoms with Gasteiger partial charge in [0.2, 0.25) is 0 Å². The molecule has 0 aliphatic carbocycles. The Morgan fingerprint density at radius 1 is 1.10 bits per heavy atom. The van der Waals surface area contributed by atoms with Gasteiger partial charge in [-0.05, 0) is 25.3 Å². The number of pyridine rings is 1. The number of nitrogen functional groups attached to an aromatic ring is 1. The van der Waals surface area contributed by atoms with E-state index < -0.39 is 0 Å². The molecule has 5 nitrogen and oxygen atoms in total. The van der Waals surface area contributed by atoms with E-state index in [2.05, 4.69) is 21.2 Å². The smallest absolute Gasteiger partial charge is 0.156 e. The molecule has 0 saturated carbocycles. The number of anilines is 2. The van der Waals surface area contributed by atoms with E-state index in [1.54, 1.807) is 0 Å². The summed E-state index contributed by atoms with van der Waals surface area (Å²) < 4.78 is 0. The van der Waals surface area contributed by atoms with Crippen molar-refractivity contribution >= 4 is 33.4 Å². The number of aromatic amines is 1. The molecule has 0 atom stereocenters. The van der Waals surface area contributed by atoms with E-state index in [0.717, 1.165) is 40.7 Å². The Hall–Kier alpha value is -2.30. The number of H-pyrrole nitrogens is 1. The lowest BCUT2D eigenvalue weighted by molar-refractivity contribution is 0.575. The third-order valence-electron chi connectivity index (χ3n) is 4.07. The predicted molar refractivity (Wildman–Crippen MR) is 81.9 cm³/mol. The third-order valence-corrected chi connectivity index (χ3v) is 4.07. The van der Waals surface area contributed by atoms with Crippen LogP contribution in [0.25, 0.3) is 21.8 Å². The first-order chi connectivity index (χ1) is 9.84. The van der Waals surface area contributed by atoms with E-state index in [1.165, 1.54) is 19.3 Å². The van der Waals surface area contributed by atoms with Gasteiger partial charge in [-0.2, -0.15) is 5.10 Å². The maximum absolute atomic E-state index is 6.07. The molecule has 3 heterocycles. The van der Waals surface area contributed by atoms with Crippen molar-refractivity contribution in [3.8, 4) is 0 Å². The molecule has 1 aliphatic rings. The van der Waals surface area contributed by atoms with Gasteiger partial charge in [-0.15, -0.1) is 0 Å². The Labute approximate surface area is 116 Å². The van der Waals surface area contributed by atoms with Crippen LogP contribution in [0.3, 0.4) is 0 Å². The number of hydrogen-bond donors (Lipinski definition) is 2. The summed E-state index contributed by atoms with van der Waals surface area (Å²) in [5, 5.41) is 9.30. The van der Waals surface area contributed by atoms with Gasteiger partial charge in [-0.3, -0.25) is 5.10 Å². The second-order valence-electron chi connectivity index (χ2n) is 5.36. The molecule has 102 valence electrons. The summed E-state index contributed by atoms with van der Waals surface area (Å²) in [5.41, 5.74) is 8.05. The van der Waals surface area contributed by atoms with Crippen molar-refractivity contribution < 1.29 is 0 Å². The summed E-state index contributed by atoms with van der Waals surface area (Å²) in [6, 6.07) is 8.13. The number of para-hydroxylation sites is 1. The lowest BCUT2D eigenvalue weighted by atomic mass is 10.1. The summed E-state index contributed by atoms with van der Waals surface area (Å²) in [6.45, 7) is 2.09. The van der Waals surface area contributed by atoms with E-state index in [9.17, 15) is 0 Å². The summed E-state index contributed by atoms with van der Waals surface area (Å²) in [4.78, 5) is 7.18. The topological polar surface area (TPSA) is 70.8 Å². The summed E-state index contributed by atoms with van der Waals surface area (Å²) in [5.74, 6) is 1.52. The number of rotatable bonds is 1. The van der Waals surface area contributed by atoms with Gasteiger partial charge in [-0.1, -0.05) is 18.2 Å². The van der Waals surface area contributed by atoms with E-state index >= 15 is 0 Å². The molecule has 0 unspecified atom stereocenters. The molecule has 3 N–H and O–H groups in total. The predicted octanol–water partition coefficient (Wildman–Crippen LogP) is 2.68. The molecule has 1 saturated heterocycles. The van der Waals surface area contributed by atoms with Crippen LogP contribution in [-0.2, 0) is 0 Å². The van der Waals surface area contributed by atoms with E-state index in [-0.39, 0.29) is 0 Å². The number of fused-ring (bicyclic) bond motifs is 3. The fraction of sp³-hybridized carbons (Fsp3) is 0.333. The first-order valence-corrected chi connectivity index (χ1v) is 7.12. The van der Waals surface area contributed by atoms with Gasteiger partial charge in [0.05, 0.1) is 16.4 Å². The highest BCUT2D eigenvalue weighted by atomic mass is 15.2. The third kappa shape index (κ3) is 1.62. The number of benzene rings is 1. The van der Waals surface area contributed by atoms with Crippen LogP contribution in [0.2, 0.25) is 0 Å². The molecule has 2 aromatic heterocycles. The highest BCUT2D eigenvalue weighted by Gasteiger charge is 2.20. The van der Waals surface area contributed by atoms with Crippen molar-refractivity contribution in [3.63, 3.8) is 0 Å². The van der Waals surface area contributed by atoms with Crippen LogP contribution in [0.5, 0.6) is 0 Å². The maximum Gasteiger partial charge on any atom is 0.156 e. The number of nitrogens with one attached hydrogen (secondary N) is 1. The lowest BCUT2D eigenvalue weighted by Gasteiger charge is -2.28. The van der Waals surface area contributed by atoms with Gasteiger partial charge in [0.15, 0.2) is 5.82 Å². The van der Waals surface area contributed by atoms with Gasteiger partial charge in [0.1, 0.15) is 5.82 Å². The van der Waals surface area contributed by atoms with Gasteiger partial charge in [0.25, 0.3) is 0 Å². The zero-order valence-electron chi connectivity index (χ0n) is 11.3. The standard InChI is InChI=1S/C15H17N5/c16-14-12-13(18-19-14)10-6-2-3-7-11(10)17-15(12)20-8-4-1-5-9-20/h2-3,6-7H,1,4-5,8-9H2,(H3,16,18,19). The Balaban J connectivity index is 2.03. The van der Waals surface area contributed by atoms with Gasteiger partial charge < -0.3 is 10.6 Å². The van der Waals surface area contributed by atoms with Crippen molar-refractivity contribution in [3.05, 3.63) is 24.3 Å². The fourth-order valence-electron chi connectivity index (χ4n) is 3.06. The molecule has 4 rings (SSSR count). The second-order valence-corrected chi connectivity index (χ2v) is 5.36. The zero-order chi connectivity index (χ0) is 13.5. The zero-order valence-corrected chi connectivity index (χ0v) is 11.3. The molecule has 5 heteroatoms. The molecule has 1 fully saturated rings. The highest BCUT2D eigenvalue weighted by molar-refractivity contribution is 6.11. The van der Waals surface area contributed by atoms with Crippen LogP contribution in [0.15, 0.2) is 24.3 Å². The first kappa shape index (κ1) is 11.5. The Morgan fingerprint density at radius 2 is 1.90 bits per heavy atom. The van der Waals surface area contributed by atoms with Crippen molar-refractivity contribution in [1.82, 2.24) is 15.2 Å². The minimum absolute atomic E-state index is 0.541. The summed E-state index contributed by atoms with van der Waals surface area (Å²) in [6.07, 6.45) is 3.73. The van der Waals surface area contributed by atoms with Crippen LogP contribution in [0, 0.1) is 0 Å². The minimum atomic E-state index is 0.541. The molecule has 0 amide bonds. The SMILES string of the molecule is Nc1n[nH]c2c1c(N1CCCCC1)nc1ccccc12. The normalized spacial score (nSPS) is 16.1. The van der Waals surface area contributed by atoms with Crippen LogP contribution in [-0.4, -0.2) is 28.3 Å². The molecule has 0 radical (unpaired) electrons. The maximum atomic E-state index is 6.07. The van der Waals surface area contributed by atoms with E-state index in [0.29, 0.717) is 5.82 Å². The fourth-order valence-corrected chi connectivity index (χ4v) is 3.06. The first-order valence-electron chi connectivity index (χ1n) is 7.12. The average molecular weight is 267 g/mol. The molecular weight excluding hydrogens is 250 g/mol. The summed E-state index contributed by atoms with van der Waals surface area (Å²) >= 11 is 0. The Kier molecular flexibility index (Phi) is 2.52. The number of piperidine rings is 1. The molecule has 1 aromatic carbocycles. The van der Waals surface area contributed by atoms with Crippen LogP contribution in [0.4, 0.5) is 11.6 Å². The van der Waals surface area contributed by atoms with Crippen molar-refractivity contribution in [2.45, 2.75) is 19.3 Å². The molecule has 1 aliphatic heterocycles. The van der Waals surface area contributed by atoms with Crippen LogP contribution in [0.1, 0.15) is 19.3 Å². The quantitative estimate of drug-likeness (QED) is 0.711. The number of nitrogens with zero attached hydrogens (tertiary/aromatic N) is 3. The molecule has 0 spiro atoms. The van der Waals surface area contributed by atoms with Crippen molar-refractivity contribution in [1.29, 1.82) is 0 Å². The molecule has 3 aromatic rings. The molecule has 0 bridgehead atoms. The average Bonchev–Trinajstić information content (AvgIpc) is 2.90. The second kappa shape index (κ2) is 4.37. The minimum Gasteiger partial charge on any atom is -0.382 e. The molecular formula is C15H17N5.